The minimum atomic E-state index is -0.475. The maximum atomic E-state index is 14.2. The normalized spacial score (nSPS) is 19.6. The van der Waals surface area contributed by atoms with Gasteiger partial charge in [0, 0.05) is 24.7 Å². The minimum absolute atomic E-state index is 0.0434. The van der Waals surface area contributed by atoms with Gasteiger partial charge >= 0.3 is 0 Å². The summed E-state index contributed by atoms with van der Waals surface area (Å²) in [6, 6.07) is 12.0. The third-order valence-electron chi connectivity index (χ3n) is 6.21. The van der Waals surface area contributed by atoms with Gasteiger partial charge in [-0.25, -0.2) is 14.8 Å². The Hall–Kier alpha value is -3.82. The van der Waals surface area contributed by atoms with E-state index in [1.54, 1.807) is 12.4 Å². The van der Waals surface area contributed by atoms with E-state index in [1.807, 2.05) is 41.3 Å². The Morgan fingerprint density at radius 2 is 1.86 bits per heavy atom. The van der Waals surface area contributed by atoms with Gasteiger partial charge in [0.2, 0.25) is 5.95 Å². The van der Waals surface area contributed by atoms with Crippen molar-refractivity contribution in [3.63, 3.8) is 0 Å². The fourth-order valence-corrected chi connectivity index (χ4v) is 4.72. The van der Waals surface area contributed by atoms with E-state index in [1.165, 1.54) is 11.1 Å². The van der Waals surface area contributed by atoms with Crippen LogP contribution in [0, 0.1) is 5.82 Å². The summed E-state index contributed by atoms with van der Waals surface area (Å²) < 4.78 is 19.5. The summed E-state index contributed by atoms with van der Waals surface area (Å²) in [6.07, 6.45) is 10.6. The smallest absolute Gasteiger partial charge is 0.245 e. The number of aromatic nitrogens is 3. The van der Waals surface area contributed by atoms with Crippen molar-refractivity contribution < 1.29 is 9.13 Å². The van der Waals surface area contributed by atoms with Crippen LogP contribution in [-0.4, -0.2) is 52.8 Å². The average Bonchev–Trinajstić information content (AvgIpc) is 2.92. The van der Waals surface area contributed by atoms with Gasteiger partial charge in [0.15, 0.2) is 11.6 Å². The van der Waals surface area contributed by atoms with Gasteiger partial charge in [-0.15, -0.1) is 11.6 Å². The Labute approximate surface area is 220 Å². The Balaban J connectivity index is 1.17. The number of hydrazone groups is 1. The largest absolute Gasteiger partial charge is 0.378 e. The van der Waals surface area contributed by atoms with Crippen molar-refractivity contribution in [2.45, 2.75) is 18.2 Å². The molecule has 0 bridgehead atoms. The zero-order valence-electron chi connectivity index (χ0n) is 20.3. The van der Waals surface area contributed by atoms with Crippen LogP contribution < -0.4 is 15.6 Å². The van der Waals surface area contributed by atoms with Crippen molar-refractivity contribution in [2.75, 3.05) is 41.9 Å². The number of rotatable bonds is 7. The van der Waals surface area contributed by atoms with Gasteiger partial charge in [0.25, 0.3) is 0 Å². The van der Waals surface area contributed by atoms with Crippen LogP contribution in [0.1, 0.15) is 24.1 Å². The summed E-state index contributed by atoms with van der Waals surface area (Å²) in [4.78, 5) is 14.4. The second-order valence-corrected chi connectivity index (χ2v) is 9.27. The fourth-order valence-electron chi connectivity index (χ4n) is 4.29. The first kappa shape index (κ1) is 24.9. The molecule has 1 saturated heterocycles. The number of morpholine rings is 1. The second kappa shape index (κ2) is 11.5. The van der Waals surface area contributed by atoms with E-state index in [2.05, 4.69) is 55.9 Å². The van der Waals surface area contributed by atoms with Crippen molar-refractivity contribution >= 4 is 41.0 Å². The highest BCUT2D eigenvalue weighted by Crippen LogP contribution is 2.35. The number of hydrogen-bond donors (Lipinski definition) is 2. The van der Waals surface area contributed by atoms with Crippen LogP contribution in [0.3, 0.4) is 0 Å². The van der Waals surface area contributed by atoms with E-state index < -0.39 is 5.82 Å². The maximum absolute atomic E-state index is 14.2. The van der Waals surface area contributed by atoms with Crippen LogP contribution in [-0.2, 0) is 4.74 Å². The van der Waals surface area contributed by atoms with Crippen molar-refractivity contribution in [1.29, 1.82) is 0 Å². The van der Waals surface area contributed by atoms with Crippen molar-refractivity contribution in [1.82, 2.24) is 15.0 Å². The molecule has 3 aromatic rings. The summed E-state index contributed by atoms with van der Waals surface area (Å²) in [5, 5.41) is 7.45. The van der Waals surface area contributed by atoms with Crippen LogP contribution in [0.4, 0.5) is 27.5 Å². The number of ether oxygens (including phenoxy) is 1. The quantitative estimate of drug-likeness (QED) is 0.250. The van der Waals surface area contributed by atoms with Crippen molar-refractivity contribution in [3.8, 4) is 0 Å². The van der Waals surface area contributed by atoms with E-state index in [9.17, 15) is 4.39 Å². The zero-order chi connectivity index (χ0) is 25.6. The Kier molecular flexibility index (Phi) is 7.72. The molecule has 1 aromatic carbocycles. The maximum Gasteiger partial charge on any atom is 0.245 e. The predicted octanol–water partition coefficient (Wildman–Crippen LogP) is 5.24. The molecule has 2 atom stereocenters. The Morgan fingerprint density at radius 3 is 2.59 bits per heavy atom. The molecule has 2 aliphatic rings. The monoisotopic (exact) mass is 519 g/mol. The van der Waals surface area contributed by atoms with E-state index in [-0.39, 0.29) is 23.1 Å². The lowest BCUT2D eigenvalue weighted by Crippen LogP contribution is -2.37. The molecule has 2 N–H and O–H groups in total. The van der Waals surface area contributed by atoms with Crippen LogP contribution in [0.2, 0.25) is 0 Å². The Morgan fingerprint density at radius 1 is 1.08 bits per heavy atom. The number of benzene rings is 1. The van der Waals surface area contributed by atoms with Crippen LogP contribution >= 0.6 is 11.6 Å². The van der Waals surface area contributed by atoms with E-state index >= 15 is 0 Å². The number of halogens is 2. The number of hydrogen-bond acceptors (Lipinski definition) is 8. The topological polar surface area (TPSA) is 87.6 Å². The first-order valence-electron chi connectivity index (χ1n) is 12.0. The summed E-state index contributed by atoms with van der Waals surface area (Å²) in [6.45, 7) is 4.34. The van der Waals surface area contributed by atoms with E-state index in [0.717, 1.165) is 17.6 Å². The van der Waals surface area contributed by atoms with Gasteiger partial charge in [-0.2, -0.15) is 10.1 Å². The fraction of sp³-hybridized carbons (Fsp3) is 0.259. The average molecular weight is 520 g/mol. The van der Waals surface area contributed by atoms with Crippen molar-refractivity contribution in [3.05, 3.63) is 89.7 Å². The van der Waals surface area contributed by atoms with Gasteiger partial charge in [0.1, 0.15) is 0 Å². The summed E-state index contributed by atoms with van der Waals surface area (Å²) in [5.74, 6) is 0.150. The molecule has 0 radical (unpaired) electrons. The molecule has 5 rings (SSSR count). The molecule has 1 fully saturated rings. The number of allylic oxidation sites excluding steroid dienone is 4. The molecule has 2 aromatic heterocycles. The molecule has 0 saturated carbocycles. The Bertz CT molecular complexity index is 1310. The highest BCUT2D eigenvalue weighted by atomic mass is 35.5. The van der Waals surface area contributed by atoms with Gasteiger partial charge in [-0.3, -0.25) is 4.98 Å². The molecule has 10 heteroatoms. The van der Waals surface area contributed by atoms with Crippen LogP contribution in [0.5, 0.6) is 0 Å². The lowest BCUT2D eigenvalue weighted by Gasteiger charge is -2.27. The molecule has 37 heavy (non-hydrogen) atoms. The predicted molar refractivity (Wildman–Crippen MR) is 145 cm³/mol. The molecule has 8 nitrogen and oxygen atoms in total. The lowest BCUT2D eigenvalue weighted by molar-refractivity contribution is 0.122. The van der Waals surface area contributed by atoms with Gasteiger partial charge in [0.05, 0.1) is 48.6 Å². The molecule has 1 aliphatic carbocycles. The number of alkyl halides is 1. The zero-order valence-corrected chi connectivity index (χ0v) is 21.1. The first-order chi connectivity index (χ1) is 18.1. The van der Waals surface area contributed by atoms with Crippen LogP contribution in [0.25, 0.3) is 0 Å². The van der Waals surface area contributed by atoms with E-state index in [4.69, 9.17) is 16.3 Å². The third-order valence-corrected chi connectivity index (χ3v) is 6.60. The summed E-state index contributed by atoms with van der Waals surface area (Å²) in [7, 11) is 0. The number of nitrogens with one attached hydrogen (secondary N) is 2. The first-order valence-corrected chi connectivity index (χ1v) is 12.5. The number of pyridine rings is 1. The molecule has 1 aliphatic heterocycles. The molecule has 0 spiro atoms. The standard InChI is InChI=1S/C27H27ClFN7O/c1-18-3-2-4-23(28)25(18)19-5-7-20(8-6-19)33-22-10-9-21(30-15-22)16-32-35-27-31-17-24(29)26(34-27)36-11-13-37-14-12-36/h2-10,15-17,23,25,33H,11-14H2,1H3,(H,31,34,35)/b32-16+. The van der Waals surface area contributed by atoms with Gasteiger partial charge in [-0.1, -0.05) is 35.9 Å². The van der Waals surface area contributed by atoms with E-state index in [0.29, 0.717) is 32.0 Å². The van der Waals surface area contributed by atoms with Gasteiger partial charge < -0.3 is 15.0 Å². The molecular weight excluding hydrogens is 493 g/mol. The van der Waals surface area contributed by atoms with Crippen LogP contribution in [0.15, 0.2) is 77.7 Å². The van der Waals surface area contributed by atoms with Gasteiger partial charge in [-0.05, 0) is 36.8 Å². The SMILES string of the molecule is CC1=CC=CC(Cl)C1c1ccc(Nc2ccc(/C=N/Nc3ncc(F)c(N4CCOCC4)n3)nc2)cc1. The highest BCUT2D eigenvalue weighted by Gasteiger charge is 2.22. The molecule has 190 valence electrons. The minimum Gasteiger partial charge on any atom is -0.378 e. The lowest BCUT2D eigenvalue weighted by atomic mass is 9.86. The summed E-state index contributed by atoms with van der Waals surface area (Å²) >= 11 is 6.52. The number of anilines is 4. The molecular formula is C27H27ClFN7O. The third kappa shape index (κ3) is 6.12. The highest BCUT2D eigenvalue weighted by molar-refractivity contribution is 6.22. The molecule has 2 unspecified atom stereocenters. The molecule has 3 heterocycles. The summed E-state index contributed by atoms with van der Waals surface area (Å²) in [5.41, 5.74) is 7.63. The number of nitrogens with zero attached hydrogens (tertiary/aromatic N) is 5. The van der Waals surface area contributed by atoms with Crippen molar-refractivity contribution in [2.24, 2.45) is 5.10 Å². The molecule has 0 amide bonds. The second-order valence-electron chi connectivity index (χ2n) is 8.77.